The van der Waals surface area contributed by atoms with E-state index in [0.29, 0.717) is 16.3 Å². The second kappa shape index (κ2) is 6.91. The van der Waals surface area contributed by atoms with Crippen LogP contribution in [0.1, 0.15) is 29.5 Å². The van der Waals surface area contributed by atoms with Gasteiger partial charge in [0.15, 0.2) is 0 Å². The molecule has 0 spiro atoms. The summed E-state index contributed by atoms with van der Waals surface area (Å²) in [6.07, 6.45) is 5.82. The first-order chi connectivity index (χ1) is 11.2. The predicted molar refractivity (Wildman–Crippen MR) is 93.2 cm³/mol. The van der Waals surface area contributed by atoms with Crippen LogP contribution in [-0.2, 0) is 6.61 Å². The van der Waals surface area contributed by atoms with Crippen molar-refractivity contribution in [2.75, 3.05) is 17.6 Å². The van der Waals surface area contributed by atoms with E-state index < -0.39 is 0 Å². The number of aliphatic hydroxyl groups is 1. The number of aliphatic hydroxyl groups excluding tert-OH is 1. The topological polar surface area (TPSA) is 71.2 Å². The van der Waals surface area contributed by atoms with Crippen molar-refractivity contribution in [1.29, 1.82) is 0 Å². The van der Waals surface area contributed by atoms with Crippen LogP contribution in [-0.4, -0.2) is 16.6 Å². The van der Waals surface area contributed by atoms with E-state index in [2.05, 4.69) is 22.1 Å². The SMILES string of the molecule is Nc1c(NCC2CC2)ccc(C#Cc2cncc(CO)c2)c1Cl. The maximum absolute atomic E-state index is 9.12. The number of halogens is 1. The molecule has 2 aromatic rings. The Hall–Kier alpha value is -2.22. The van der Waals surface area contributed by atoms with E-state index >= 15 is 0 Å². The Bertz CT molecular complexity index is 776. The second-order valence-electron chi connectivity index (χ2n) is 5.70. The molecule has 23 heavy (non-hydrogen) atoms. The first-order valence-electron chi connectivity index (χ1n) is 7.56. The van der Waals surface area contributed by atoms with Crippen molar-refractivity contribution in [2.24, 2.45) is 5.92 Å². The van der Waals surface area contributed by atoms with Crippen LogP contribution in [0.25, 0.3) is 0 Å². The van der Waals surface area contributed by atoms with Gasteiger partial charge in [-0.05, 0) is 42.5 Å². The van der Waals surface area contributed by atoms with Crippen LogP contribution in [0.2, 0.25) is 5.02 Å². The van der Waals surface area contributed by atoms with E-state index in [0.717, 1.165) is 29.3 Å². The van der Waals surface area contributed by atoms with Crippen molar-refractivity contribution in [3.05, 3.63) is 52.3 Å². The Morgan fingerprint density at radius 2 is 2.13 bits per heavy atom. The van der Waals surface area contributed by atoms with Gasteiger partial charge in [-0.15, -0.1) is 0 Å². The lowest BCUT2D eigenvalue weighted by molar-refractivity contribution is 0.281. The monoisotopic (exact) mass is 327 g/mol. The Kier molecular flexibility index (Phi) is 4.71. The minimum Gasteiger partial charge on any atom is -0.396 e. The molecule has 1 fully saturated rings. The van der Waals surface area contributed by atoms with Crippen LogP contribution in [0.3, 0.4) is 0 Å². The third kappa shape index (κ3) is 3.95. The summed E-state index contributed by atoms with van der Waals surface area (Å²) in [5.74, 6) is 6.78. The fourth-order valence-corrected chi connectivity index (χ4v) is 2.41. The third-order valence-electron chi connectivity index (χ3n) is 3.78. The van der Waals surface area contributed by atoms with Crippen LogP contribution in [0.5, 0.6) is 0 Å². The number of benzene rings is 1. The minimum atomic E-state index is -0.0580. The van der Waals surface area contributed by atoms with Crippen molar-refractivity contribution < 1.29 is 5.11 Å². The average Bonchev–Trinajstić information content (AvgIpc) is 3.40. The molecule has 1 aliphatic rings. The summed E-state index contributed by atoms with van der Waals surface area (Å²) in [6, 6.07) is 5.57. The number of hydrogen-bond donors (Lipinski definition) is 3. The number of nitrogens with two attached hydrogens (primary N) is 1. The molecule has 0 aliphatic heterocycles. The number of pyridine rings is 1. The lowest BCUT2D eigenvalue weighted by Crippen LogP contribution is -2.06. The first kappa shape index (κ1) is 15.7. The summed E-state index contributed by atoms with van der Waals surface area (Å²) < 4.78 is 0. The van der Waals surface area contributed by atoms with Gasteiger partial charge in [0.05, 0.1) is 23.0 Å². The lowest BCUT2D eigenvalue weighted by atomic mass is 10.1. The molecule has 0 atom stereocenters. The number of rotatable bonds is 4. The summed E-state index contributed by atoms with van der Waals surface area (Å²) >= 11 is 6.33. The van der Waals surface area contributed by atoms with Crippen LogP contribution in [0.15, 0.2) is 30.6 Å². The van der Waals surface area contributed by atoms with Crippen LogP contribution < -0.4 is 11.1 Å². The standard InChI is InChI=1S/C18H18ClN3O/c19-17-15(4-3-13-7-14(11-23)9-21-8-13)5-6-16(18(17)20)22-10-12-1-2-12/h5-9,12,22-23H,1-2,10-11,20H2. The smallest absolute Gasteiger partial charge is 0.0813 e. The lowest BCUT2D eigenvalue weighted by Gasteiger charge is -2.11. The summed E-state index contributed by atoms with van der Waals surface area (Å²) in [5.41, 5.74) is 9.61. The molecule has 1 aromatic heterocycles. The summed E-state index contributed by atoms with van der Waals surface area (Å²) in [4.78, 5) is 4.04. The van der Waals surface area contributed by atoms with Crippen molar-refractivity contribution in [1.82, 2.24) is 4.98 Å². The summed E-state index contributed by atoms with van der Waals surface area (Å²) in [5, 5.41) is 12.9. The molecular formula is C18H18ClN3O. The van der Waals surface area contributed by atoms with Gasteiger partial charge in [-0.3, -0.25) is 4.98 Å². The average molecular weight is 328 g/mol. The molecule has 118 valence electrons. The maximum Gasteiger partial charge on any atom is 0.0813 e. The van der Waals surface area contributed by atoms with Crippen LogP contribution in [0, 0.1) is 17.8 Å². The van der Waals surface area contributed by atoms with E-state index in [4.69, 9.17) is 22.4 Å². The number of anilines is 2. The van der Waals surface area contributed by atoms with Gasteiger partial charge >= 0.3 is 0 Å². The zero-order valence-electron chi connectivity index (χ0n) is 12.6. The molecule has 0 unspecified atom stereocenters. The quantitative estimate of drug-likeness (QED) is 0.596. The fraction of sp³-hybridized carbons (Fsp3) is 0.278. The van der Waals surface area contributed by atoms with Gasteiger partial charge in [0.2, 0.25) is 0 Å². The highest BCUT2D eigenvalue weighted by Gasteiger charge is 2.21. The van der Waals surface area contributed by atoms with Gasteiger partial charge in [0.25, 0.3) is 0 Å². The molecule has 0 bridgehead atoms. The van der Waals surface area contributed by atoms with Crippen molar-refractivity contribution in [3.63, 3.8) is 0 Å². The van der Waals surface area contributed by atoms with Crippen molar-refractivity contribution >= 4 is 23.0 Å². The van der Waals surface area contributed by atoms with E-state index in [1.54, 1.807) is 18.5 Å². The Morgan fingerprint density at radius 1 is 1.30 bits per heavy atom. The van der Waals surface area contributed by atoms with Gasteiger partial charge < -0.3 is 16.2 Å². The largest absolute Gasteiger partial charge is 0.396 e. The second-order valence-corrected chi connectivity index (χ2v) is 6.08. The number of nitrogen functional groups attached to an aromatic ring is 1. The predicted octanol–water partition coefficient (Wildman–Crippen LogP) is 3.03. The Labute approximate surface area is 140 Å². The molecule has 0 saturated heterocycles. The highest BCUT2D eigenvalue weighted by molar-refractivity contribution is 6.35. The molecule has 1 saturated carbocycles. The zero-order valence-corrected chi connectivity index (χ0v) is 13.4. The molecule has 0 amide bonds. The van der Waals surface area contributed by atoms with Gasteiger partial charge in [-0.2, -0.15) is 0 Å². The molecular weight excluding hydrogens is 310 g/mol. The van der Waals surface area contributed by atoms with Gasteiger partial charge in [-0.25, -0.2) is 0 Å². The number of hydrogen-bond acceptors (Lipinski definition) is 4. The van der Waals surface area contributed by atoms with Gasteiger partial charge in [-0.1, -0.05) is 23.4 Å². The van der Waals surface area contributed by atoms with Crippen molar-refractivity contribution in [2.45, 2.75) is 19.4 Å². The summed E-state index contributed by atoms with van der Waals surface area (Å²) in [7, 11) is 0. The number of nitrogens with one attached hydrogen (secondary N) is 1. The minimum absolute atomic E-state index is 0.0580. The molecule has 4 N–H and O–H groups in total. The highest BCUT2D eigenvalue weighted by Crippen LogP contribution is 2.33. The highest BCUT2D eigenvalue weighted by atomic mass is 35.5. The number of aromatic nitrogens is 1. The molecule has 3 rings (SSSR count). The third-order valence-corrected chi connectivity index (χ3v) is 4.18. The van der Waals surface area contributed by atoms with E-state index in [1.165, 1.54) is 12.8 Å². The Morgan fingerprint density at radius 3 is 2.87 bits per heavy atom. The van der Waals surface area contributed by atoms with Gasteiger partial charge in [0.1, 0.15) is 0 Å². The molecule has 0 radical (unpaired) electrons. The first-order valence-corrected chi connectivity index (χ1v) is 7.94. The molecule has 4 nitrogen and oxygen atoms in total. The normalized spacial score (nSPS) is 13.3. The molecule has 1 aliphatic carbocycles. The van der Waals surface area contributed by atoms with Gasteiger partial charge in [0, 0.05) is 30.1 Å². The van der Waals surface area contributed by atoms with E-state index in [-0.39, 0.29) is 6.61 Å². The van der Waals surface area contributed by atoms with E-state index in [9.17, 15) is 0 Å². The van der Waals surface area contributed by atoms with E-state index in [1.807, 2.05) is 12.1 Å². The maximum atomic E-state index is 9.12. The molecule has 1 heterocycles. The summed E-state index contributed by atoms with van der Waals surface area (Å²) in [6.45, 7) is 0.878. The number of nitrogens with zero attached hydrogens (tertiary/aromatic N) is 1. The zero-order chi connectivity index (χ0) is 16.2. The van der Waals surface area contributed by atoms with Crippen LogP contribution >= 0.6 is 11.6 Å². The molecule has 5 heteroatoms. The Balaban J connectivity index is 1.80. The fourth-order valence-electron chi connectivity index (χ4n) is 2.20. The van der Waals surface area contributed by atoms with Crippen molar-refractivity contribution in [3.8, 4) is 11.8 Å². The van der Waals surface area contributed by atoms with Crippen LogP contribution in [0.4, 0.5) is 11.4 Å². The molecule has 1 aromatic carbocycles.